The molecule has 0 bridgehead atoms. The molecule has 1 heterocycles. The Morgan fingerprint density at radius 2 is 2.18 bits per heavy atom. The molecule has 90 valence electrons. The van der Waals surface area contributed by atoms with Gasteiger partial charge in [0.15, 0.2) is 0 Å². The fraction of sp³-hybridized carbons (Fsp3) is 0.357. The van der Waals surface area contributed by atoms with E-state index in [1.54, 1.807) is 0 Å². The molecule has 0 spiro atoms. The quantitative estimate of drug-likeness (QED) is 0.741. The summed E-state index contributed by atoms with van der Waals surface area (Å²) in [4.78, 5) is 10.8. The maximum absolute atomic E-state index is 10.8. The molecule has 2 rings (SSSR count). The zero-order valence-electron chi connectivity index (χ0n) is 10.2. The van der Waals surface area contributed by atoms with Crippen molar-refractivity contribution in [1.29, 1.82) is 0 Å². The van der Waals surface area contributed by atoms with Crippen molar-refractivity contribution in [1.82, 2.24) is 4.57 Å². The summed E-state index contributed by atoms with van der Waals surface area (Å²) in [5, 5.41) is 1.15. The summed E-state index contributed by atoms with van der Waals surface area (Å²) in [5.74, 6) is 0. The molecule has 3 heteroatoms. The first-order chi connectivity index (χ1) is 8.20. The summed E-state index contributed by atoms with van der Waals surface area (Å²) in [6.45, 7) is 5.55. The van der Waals surface area contributed by atoms with E-state index in [9.17, 15) is 4.79 Å². The lowest BCUT2D eigenvalue weighted by atomic mass is 10.2. The van der Waals surface area contributed by atoms with E-state index in [2.05, 4.69) is 10.6 Å². The molecule has 0 aliphatic heterocycles. The number of fused-ring (bicyclic) bond motifs is 1. The van der Waals surface area contributed by atoms with Gasteiger partial charge in [0.05, 0.1) is 12.7 Å². The fourth-order valence-corrected chi connectivity index (χ4v) is 1.86. The minimum Gasteiger partial charge on any atom is -0.377 e. The first-order valence-corrected chi connectivity index (χ1v) is 5.86. The molecule has 17 heavy (non-hydrogen) atoms. The first-order valence-electron chi connectivity index (χ1n) is 5.86. The SMILES string of the molecule is CC(C)OCCn1ccc2ccc(C=O)cc21. The normalized spacial score (nSPS) is 11.2. The van der Waals surface area contributed by atoms with Crippen LogP contribution in [-0.2, 0) is 11.3 Å². The van der Waals surface area contributed by atoms with Gasteiger partial charge >= 0.3 is 0 Å². The van der Waals surface area contributed by atoms with E-state index >= 15 is 0 Å². The molecular weight excluding hydrogens is 214 g/mol. The highest BCUT2D eigenvalue weighted by Crippen LogP contribution is 2.17. The minimum atomic E-state index is 0.252. The molecule has 0 aliphatic rings. The summed E-state index contributed by atoms with van der Waals surface area (Å²) in [7, 11) is 0. The molecule has 0 fully saturated rings. The highest BCUT2D eigenvalue weighted by atomic mass is 16.5. The van der Waals surface area contributed by atoms with Gasteiger partial charge in [-0.1, -0.05) is 12.1 Å². The summed E-state index contributed by atoms with van der Waals surface area (Å²) >= 11 is 0. The second-order valence-corrected chi connectivity index (χ2v) is 4.36. The van der Waals surface area contributed by atoms with E-state index < -0.39 is 0 Å². The number of ether oxygens (including phenoxy) is 1. The monoisotopic (exact) mass is 231 g/mol. The van der Waals surface area contributed by atoms with Crippen LogP contribution in [0.4, 0.5) is 0 Å². The number of carbonyl (C=O) groups excluding carboxylic acids is 1. The lowest BCUT2D eigenvalue weighted by molar-refractivity contribution is 0.0733. The van der Waals surface area contributed by atoms with Crippen LogP contribution in [0.2, 0.25) is 0 Å². The third-order valence-electron chi connectivity index (χ3n) is 2.72. The van der Waals surface area contributed by atoms with Gasteiger partial charge in [-0.15, -0.1) is 0 Å². The molecule has 0 saturated carbocycles. The van der Waals surface area contributed by atoms with Crippen LogP contribution in [-0.4, -0.2) is 23.6 Å². The number of nitrogens with zero attached hydrogens (tertiary/aromatic N) is 1. The van der Waals surface area contributed by atoms with Crippen molar-refractivity contribution in [3.8, 4) is 0 Å². The number of aromatic nitrogens is 1. The van der Waals surface area contributed by atoms with E-state index in [0.29, 0.717) is 12.2 Å². The van der Waals surface area contributed by atoms with Crippen molar-refractivity contribution in [3.05, 3.63) is 36.0 Å². The van der Waals surface area contributed by atoms with Gasteiger partial charge in [-0.25, -0.2) is 0 Å². The molecular formula is C14H17NO2. The molecule has 0 amide bonds. The van der Waals surface area contributed by atoms with Crippen molar-refractivity contribution >= 4 is 17.2 Å². The Balaban J connectivity index is 2.19. The Hall–Kier alpha value is -1.61. The number of hydrogen-bond acceptors (Lipinski definition) is 2. The summed E-state index contributed by atoms with van der Waals surface area (Å²) in [6.07, 6.45) is 3.16. The number of rotatable bonds is 5. The average Bonchev–Trinajstić information content (AvgIpc) is 2.71. The average molecular weight is 231 g/mol. The topological polar surface area (TPSA) is 31.2 Å². The number of hydrogen-bond donors (Lipinski definition) is 0. The predicted molar refractivity (Wildman–Crippen MR) is 68.4 cm³/mol. The summed E-state index contributed by atoms with van der Waals surface area (Å²) in [6, 6.07) is 7.78. The Labute approximate surface area is 101 Å². The second-order valence-electron chi connectivity index (χ2n) is 4.36. The summed E-state index contributed by atoms with van der Waals surface area (Å²) < 4.78 is 7.65. The predicted octanol–water partition coefficient (Wildman–Crippen LogP) is 2.88. The van der Waals surface area contributed by atoms with Crippen LogP contribution < -0.4 is 0 Å². The van der Waals surface area contributed by atoms with Crippen molar-refractivity contribution in [2.75, 3.05) is 6.61 Å². The van der Waals surface area contributed by atoms with Gasteiger partial charge in [0, 0.05) is 23.8 Å². The zero-order chi connectivity index (χ0) is 12.3. The molecule has 3 nitrogen and oxygen atoms in total. The number of carbonyl (C=O) groups is 1. The Kier molecular flexibility index (Phi) is 3.59. The Morgan fingerprint density at radius 3 is 2.88 bits per heavy atom. The molecule has 1 aromatic heterocycles. The van der Waals surface area contributed by atoms with Crippen molar-refractivity contribution in [2.45, 2.75) is 26.5 Å². The van der Waals surface area contributed by atoms with Crippen LogP contribution in [0.1, 0.15) is 24.2 Å². The molecule has 0 saturated heterocycles. The van der Waals surface area contributed by atoms with Gasteiger partial charge in [-0.2, -0.15) is 0 Å². The first kappa shape index (κ1) is 11.9. The Bertz CT molecular complexity index is 514. The largest absolute Gasteiger partial charge is 0.377 e. The van der Waals surface area contributed by atoms with Crippen LogP contribution in [0.3, 0.4) is 0 Å². The van der Waals surface area contributed by atoms with E-state index in [4.69, 9.17) is 4.74 Å². The fourth-order valence-electron chi connectivity index (χ4n) is 1.86. The lowest BCUT2D eigenvalue weighted by Crippen LogP contribution is -2.09. The number of aldehydes is 1. The van der Waals surface area contributed by atoms with Gasteiger partial charge in [0.25, 0.3) is 0 Å². The summed E-state index contributed by atoms with van der Waals surface area (Å²) in [5.41, 5.74) is 1.80. The van der Waals surface area contributed by atoms with E-state index in [1.807, 2.05) is 38.2 Å². The highest BCUT2D eigenvalue weighted by molar-refractivity contribution is 5.87. The molecule has 0 atom stereocenters. The van der Waals surface area contributed by atoms with Gasteiger partial charge in [-0.3, -0.25) is 4.79 Å². The minimum absolute atomic E-state index is 0.252. The third-order valence-corrected chi connectivity index (χ3v) is 2.72. The van der Waals surface area contributed by atoms with Gasteiger partial charge in [-0.05, 0) is 31.4 Å². The van der Waals surface area contributed by atoms with Crippen LogP contribution in [0.15, 0.2) is 30.5 Å². The van der Waals surface area contributed by atoms with Gasteiger partial charge in [0.1, 0.15) is 6.29 Å². The smallest absolute Gasteiger partial charge is 0.150 e. The molecule has 0 aliphatic carbocycles. The molecule has 0 N–H and O–H groups in total. The second kappa shape index (κ2) is 5.15. The van der Waals surface area contributed by atoms with Crippen LogP contribution in [0.25, 0.3) is 10.9 Å². The number of benzene rings is 1. The van der Waals surface area contributed by atoms with Gasteiger partial charge < -0.3 is 9.30 Å². The molecule has 2 aromatic rings. The third kappa shape index (κ3) is 2.74. The van der Waals surface area contributed by atoms with E-state index in [-0.39, 0.29) is 6.10 Å². The maximum Gasteiger partial charge on any atom is 0.150 e. The van der Waals surface area contributed by atoms with Crippen molar-refractivity contribution in [2.24, 2.45) is 0 Å². The van der Waals surface area contributed by atoms with E-state index in [0.717, 1.165) is 23.7 Å². The van der Waals surface area contributed by atoms with Crippen LogP contribution in [0.5, 0.6) is 0 Å². The van der Waals surface area contributed by atoms with Crippen molar-refractivity contribution in [3.63, 3.8) is 0 Å². The standard InChI is InChI=1S/C14H17NO2/c1-11(2)17-8-7-15-6-5-13-4-3-12(10-16)9-14(13)15/h3-6,9-11H,7-8H2,1-2H3. The van der Waals surface area contributed by atoms with Crippen LogP contribution >= 0.6 is 0 Å². The molecule has 0 radical (unpaired) electrons. The molecule has 1 aromatic carbocycles. The Morgan fingerprint density at radius 1 is 1.35 bits per heavy atom. The van der Waals surface area contributed by atoms with Gasteiger partial charge in [0.2, 0.25) is 0 Å². The lowest BCUT2D eigenvalue weighted by Gasteiger charge is -2.09. The van der Waals surface area contributed by atoms with Crippen molar-refractivity contribution < 1.29 is 9.53 Å². The highest BCUT2D eigenvalue weighted by Gasteiger charge is 2.02. The zero-order valence-corrected chi connectivity index (χ0v) is 10.2. The van der Waals surface area contributed by atoms with E-state index in [1.165, 1.54) is 0 Å². The maximum atomic E-state index is 10.8. The van der Waals surface area contributed by atoms with Crippen LogP contribution in [0, 0.1) is 0 Å². The molecule has 0 unspecified atom stereocenters.